The summed E-state index contributed by atoms with van der Waals surface area (Å²) in [6, 6.07) is 8.93. The molecular formula is C16H24F3NO. The van der Waals surface area contributed by atoms with Crippen molar-refractivity contribution >= 4 is 0 Å². The van der Waals surface area contributed by atoms with Crippen molar-refractivity contribution < 1.29 is 18.3 Å². The molecule has 120 valence electrons. The molecular weight excluding hydrogens is 279 g/mol. The molecule has 0 aliphatic heterocycles. The van der Waals surface area contributed by atoms with Crippen LogP contribution in [0, 0.1) is 5.41 Å². The van der Waals surface area contributed by atoms with Gasteiger partial charge in [0.2, 0.25) is 0 Å². The number of alkyl halides is 3. The number of aliphatic hydroxyl groups excluding tert-OH is 1. The number of hydrogen-bond donors (Lipinski definition) is 2. The van der Waals surface area contributed by atoms with Crippen molar-refractivity contribution in [1.82, 2.24) is 5.32 Å². The van der Waals surface area contributed by atoms with Crippen LogP contribution in [0.3, 0.4) is 0 Å². The van der Waals surface area contributed by atoms with Crippen LogP contribution in [0.1, 0.15) is 38.7 Å². The normalized spacial score (nSPS) is 15.8. The summed E-state index contributed by atoms with van der Waals surface area (Å²) >= 11 is 0. The summed E-state index contributed by atoms with van der Waals surface area (Å²) in [7, 11) is 0. The zero-order valence-corrected chi connectivity index (χ0v) is 12.7. The lowest BCUT2D eigenvalue weighted by Gasteiger charge is -2.34. The predicted octanol–water partition coefficient (Wildman–Crippen LogP) is 3.72. The maximum atomic E-state index is 12.4. The summed E-state index contributed by atoms with van der Waals surface area (Å²) in [6.45, 7) is 5.74. The van der Waals surface area contributed by atoms with E-state index in [0.29, 0.717) is 6.54 Å². The Labute approximate surface area is 124 Å². The van der Waals surface area contributed by atoms with Gasteiger partial charge in [0.1, 0.15) is 0 Å². The molecule has 0 fully saturated rings. The number of benzene rings is 1. The van der Waals surface area contributed by atoms with Crippen LogP contribution in [0.5, 0.6) is 0 Å². The fourth-order valence-corrected chi connectivity index (χ4v) is 2.38. The topological polar surface area (TPSA) is 32.3 Å². The van der Waals surface area contributed by atoms with Gasteiger partial charge in [0.25, 0.3) is 0 Å². The van der Waals surface area contributed by atoms with Crippen LogP contribution in [0.15, 0.2) is 30.3 Å². The number of nitrogens with one attached hydrogen (secondary N) is 1. The molecule has 0 aliphatic carbocycles. The maximum Gasteiger partial charge on any atom is 0.390 e. The summed E-state index contributed by atoms with van der Waals surface area (Å²) in [4.78, 5) is 0. The van der Waals surface area contributed by atoms with Gasteiger partial charge in [0.15, 0.2) is 0 Å². The molecule has 0 radical (unpaired) electrons. The Kier molecular flexibility index (Phi) is 6.23. The van der Waals surface area contributed by atoms with Crippen LogP contribution >= 0.6 is 0 Å². The van der Waals surface area contributed by atoms with Gasteiger partial charge in [-0.3, -0.25) is 0 Å². The minimum atomic E-state index is -4.17. The van der Waals surface area contributed by atoms with E-state index in [1.54, 1.807) is 0 Å². The van der Waals surface area contributed by atoms with Crippen LogP contribution in [0.2, 0.25) is 0 Å². The van der Waals surface area contributed by atoms with Crippen molar-refractivity contribution in [1.29, 1.82) is 0 Å². The SMILES string of the molecule is CC(CC(F)(F)F)NCC(c1ccccc1)C(C)(C)CO. The van der Waals surface area contributed by atoms with Gasteiger partial charge in [-0.15, -0.1) is 0 Å². The highest BCUT2D eigenvalue weighted by atomic mass is 19.4. The van der Waals surface area contributed by atoms with Crippen molar-refractivity contribution in [3.05, 3.63) is 35.9 Å². The van der Waals surface area contributed by atoms with E-state index in [0.717, 1.165) is 5.56 Å². The van der Waals surface area contributed by atoms with Crippen molar-refractivity contribution in [2.75, 3.05) is 13.2 Å². The van der Waals surface area contributed by atoms with Crippen LogP contribution in [-0.4, -0.2) is 30.5 Å². The zero-order chi connectivity index (χ0) is 16.1. The monoisotopic (exact) mass is 303 g/mol. The molecule has 1 aromatic rings. The highest BCUT2D eigenvalue weighted by Gasteiger charge is 2.33. The van der Waals surface area contributed by atoms with E-state index in [1.165, 1.54) is 6.92 Å². The first-order valence-electron chi connectivity index (χ1n) is 7.11. The zero-order valence-electron chi connectivity index (χ0n) is 12.7. The molecule has 0 heterocycles. The second-order valence-electron chi connectivity index (χ2n) is 6.24. The molecule has 0 bridgehead atoms. The first-order chi connectivity index (χ1) is 9.65. The van der Waals surface area contributed by atoms with Crippen molar-refractivity contribution in [2.45, 2.75) is 45.3 Å². The van der Waals surface area contributed by atoms with Crippen molar-refractivity contribution in [3.63, 3.8) is 0 Å². The fraction of sp³-hybridized carbons (Fsp3) is 0.625. The van der Waals surface area contributed by atoms with Crippen LogP contribution < -0.4 is 5.32 Å². The molecule has 0 saturated heterocycles. The van der Waals surface area contributed by atoms with Crippen LogP contribution in [0.4, 0.5) is 13.2 Å². The van der Waals surface area contributed by atoms with Crippen LogP contribution in [-0.2, 0) is 0 Å². The van der Waals surface area contributed by atoms with E-state index in [4.69, 9.17) is 0 Å². The Morgan fingerprint density at radius 3 is 2.19 bits per heavy atom. The lowest BCUT2D eigenvalue weighted by atomic mass is 9.75. The Morgan fingerprint density at radius 2 is 1.71 bits per heavy atom. The summed E-state index contributed by atoms with van der Waals surface area (Å²) < 4.78 is 37.1. The highest BCUT2D eigenvalue weighted by Crippen LogP contribution is 2.34. The molecule has 0 amide bonds. The molecule has 0 saturated carbocycles. The van der Waals surface area contributed by atoms with E-state index >= 15 is 0 Å². The second kappa shape index (κ2) is 7.27. The van der Waals surface area contributed by atoms with Gasteiger partial charge >= 0.3 is 6.18 Å². The molecule has 5 heteroatoms. The molecule has 0 aliphatic rings. The lowest BCUT2D eigenvalue weighted by molar-refractivity contribution is -0.139. The van der Waals surface area contributed by atoms with E-state index in [2.05, 4.69) is 5.32 Å². The number of halogens is 3. The van der Waals surface area contributed by atoms with E-state index in [9.17, 15) is 18.3 Å². The van der Waals surface area contributed by atoms with Gasteiger partial charge in [-0.1, -0.05) is 44.2 Å². The number of aliphatic hydroxyl groups is 1. The Morgan fingerprint density at radius 1 is 1.14 bits per heavy atom. The minimum Gasteiger partial charge on any atom is -0.396 e. The number of hydrogen-bond acceptors (Lipinski definition) is 2. The molecule has 2 unspecified atom stereocenters. The molecule has 1 aromatic carbocycles. The third-order valence-electron chi connectivity index (χ3n) is 3.76. The van der Waals surface area contributed by atoms with Gasteiger partial charge in [-0.05, 0) is 17.9 Å². The molecule has 2 nitrogen and oxygen atoms in total. The van der Waals surface area contributed by atoms with E-state index in [-0.39, 0.29) is 12.5 Å². The second-order valence-corrected chi connectivity index (χ2v) is 6.24. The standard InChI is InChI=1S/C16H24F3NO/c1-12(9-16(17,18)19)20-10-14(15(2,3)11-21)13-7-5-4-6-8-13/h4-8,12,14,20-21H,9-11H2,1-3H3. The summed E-state index contributed by atoms with van der Waals surface area (Å²) in [6.07, 6.45) is -5.02. The quantitative estimate of drug-likeness (QED) is 0.804. The molecule has 21 heavy (non-hydrogen) atoms. The first kappa shape index (κ1) is 18.0. The lowest BCUT2D eigenvalue weighted by Crippen LogP contribution is -2.39. The van der Waals surface area contributed by atoms with Gasteiger partial charge in [-0.2, -0.15) is 13.2 Å². The molecule has 0 aromatic heterocycles. The Bertz CT molecular complexity index is 417. The van der Waals surface area contributed by atoms with Gasteiger partial charge in [0.05, 0.1) is 6.42 Å². The largest absolute Gasteiger partial charge is 0.396 e. The van der Waals surface area contributed by atoms with Gasteiger partial charge in [0, 0.05) is 25.1 Å². The maximum absolute atomic E-state index is 12.4. The molecule has 1 rings (SSSR count). The third-order valence-corrected chi connectivity index (χ3v) is 3.76. The summed E-state index contributed by atoms with van der Waals surface area (Å²) in [5.74, 6) is -0.0561. The Balaban J connectivity index is 2.76. The van der Waals surface area contributed by atoms with Gasteiger partial charge in [-0.25, -0.2) is 0 Å². The number of rotatable bonds is 7. The Hall–Kier alpha value is -1.07. The molecule has 0 spiro atoms. The minimum absolute atomic E-state index is 0.0259. The molecule has 2 N–H and O–H groups in total. The van der Waals surface area contributed by atoms with E-state index in [1.807, 2.05) is 44.2 Å². The fourth-order valence-electron chi connectivity index (χ4n) is 2.38. The van der Waals surface area contributed by atoms with Crippen molar-refractivity contribution in [2.24, 2.45) is 5.41 Å². The predicted molar refractivity (Wildman–Crippen MR) is 78.2 cm³/mol. The summed E-state index contributed by atoms with van der Waals surface area (Å²) in [5, 5.41) is 12.5. The third kappa shape index (κ3) is 6.06. The van der Waals surface area contributed by atoms with E-state index < -0.39 is 24.1 Å². The van der Waals surface area contributed by atoms with Crippen LogP contribution in [0.25, 0.3) is 0 Å². The highest BCUT2D eigenvalue weighted by molar-refractivity contribution is 5.22. The molecule has 2 atom stereocenters. The first-order valence-corrected chi connectivity index (χ1v) is 7.11. The summed E-state index contributed by atoms with van der Waals surface area (Å²) in [5.41, 5.74) is 0.606. The average molecular weight is 303 g/mol. The van der Waals surface area contributed by atoms with Crippen molar-refractivity contribution in [3.8, 4) is 0 Å². The smallest absolute Gasteiger partial charge is 0.390 e. The van der Waals surface area contributed by atoms with Gasteiger partial charge < -0.3 is 10.4 Å². The average Bonchev–Trinajstić information content (AvgIpc) is 2.38.